The maximum absolute atomic E-state index is 12.3. The van der Waals surface area contributed by atoms with Crippen molar-refractivity contribution in [2.45, 2.75) is 13.8 Å². The van der Waals surface area contributed by atoms with Gasteiger partial charge < -0.3 is 4.74 Å². The minimum absolute atomic E-state index is 0.106. The number of carbonyl (C=O) groups excluding carboxylic acids is 2. The number of fused-ring (bicyclic) bond motifs is 1. The lowest BCUT2D eigenvalue weighted by atomic mass is 10.1. The first-order valence-corrected chi connectivity index (χ1v) is 9.13. The van der Waals surface area contributed by atoms with Gasteiger partial charge in [-0.2, -0.15) is 0 Å². The summed E-state index contributed by atoms with van der Waals surface area (Å²) >= 11 is 3.45. The van der Waals surface area contributed by atoms with Gasteiger partial charge >= 0.3 is 5.97 Å². The van der Waals surface area contributed by atoms with E-state index in [1.807, 2.05) is 49.4 Å². The normalized spacial score (nSPS) is 15.3. The molecule has 4 rings (SSSR count). The molecule has 2 heterocycles. The van der Waals surface area contributed by atoms with Crippen LogP contribution >= 0.6 is 15.9 Å². The molecule has 0 bridgehead atoms. The van der Waals surface area contributed by atoms with E-state index < -0.39 is 5.97 Å². The molecule has 0 saturated carbocycles. The third kappa shape index (κ3) is 3.13. The van der Waals surface area contributed by atoms with Crippen LogP contribution in [0.3, 0.4) is 0 Å². The number of aliphatic imine (C=N–C) groups is 1. The van der Waals surface area contributed by atoms with Crippen LogP contribution in [0.25, 0.3) is 17.0 Å². The predicted molar refractivity (Wildman–Crippen MR) is 108 cm³/mol. The molecular formula is C21H15BrN2O3. The van der Waals surface area contributed by atoms with Crippen LogP contribution in [0.1, 0.15) is 28.4 Å². The summed E-state index contributed by atoms with van der Waals surface area (Å²) in [5.41, 5.74) is 3.46. The number of aromatic nitrogens is 1. The van der Waals surface area contributed by atoms with Crippen LogP contribution in [0, 0.1) is 6.92 Å². The number of ether oxygens (including phenoxy) is 1. The zero-order valence-electron chi connectivity index (χ0n) is 14.7. The third-order valence-electron chi connectivity index (χ3n) is 4.42. The second-order valence-corrected chi connectivity index (χ2v) is 7.20. The Morgan fingerprint density at radius 2 is 2.00 bits per heavy atom. The van der Waals surface area contributed by atoms with E-state index >= 15 is 0 Å². The monoisotopic (exact) mass is 422 g/mol. The Morgan fingerprint density at radius 1 is 1.22 bits per heavy atom. The fourth-order valence-corrected chi connectivity index (χ4v) is 3.45. The SMILES string of the molecule is CC(=O)n1cc(C=C2N=C(c3ccccc3C)OC2=O)c2cc(Br)ccc21. The molecule has 134 valence electrons. The van der Waals surface area contributed by atoms with E-state index in [1.54, 1.807) is 16.8 Å². The van der Waals surface area contributed by atoms with Gasteiger partial charge in [0.15, 0.2) is 5.70 Å². The molecule has 1 aliphatic heterocycles. The number of carbonyl (C=O) groups is 2. The van der Waals surface area contributed by atoms with Crippen molar-refractivity contribution >= 4 is 50.7 Å². The van der Waals surface area contributed by atoms with Gasteiger partial charge in [-0.05, 0) is 42.8 Å². The Hall–Kier alpha value is -2.99. The number of nitrogens with zero attached hydrogens (tertiary/aromatic N) is 2. The van der Waals surface area contributed by atoms with Crippen LogP contribution in [-0.2, 0) is 9.53 Å². The molecule has 1 aromatic heterocycles. The van der Waals surface area contributed by atoms with Crippen LogP contribution < -0.4 is 0 Å². The fourth-order valence-electron chi connectivity index (χ4n) is 3.09. The summed E-state index contributed by atoms with van der Waals surface area (Å²) in [4.78, 5) is 28.7. The predicted octanol–water partition coefficient (Wildman–Crippen LogP) is 4.72. The van der Waals surface area contributed by atoms with Crippen LogP contribution in [-0.4, -0.2) is 22.3 Å². The number of hydrogen-bond acceptors (Lipinski definition) is 4. The van der Waals surface area contributed by atoms with Crippen LogP contribution in [0.5, 0.6) is 0 Å². The molecule has 27 heavy (non-hydrogen) atoms. The average Bonchev–Trinajstić information content (AvgIpc) is 3.17. The number of benzene rings is 2. The Labute approximate surface area is 164 Å². The van der Waals surface area contributed by atoms with Crippen molar-refractivity contribution in [3.05, 3.63) is 75.5 Å². The zero-order valence-corrected chi connectivity index (χ0v) is 16.3. The molecule has 1 aliphatic rings. The number of esters is 1. The second kappa shape index (κ2) is 6.63. The third-order valence-corrected chi connectivity index (χ3v) is 4.92. The summed E-state index contributed by atoms with van der Waals surface area (Å²) < 4.78 is 7.80. The first kappa shape index (κ1) is 17.4. The molecule has 0 N–H and O–H groups in total. The highest BCUT2D eigenvalue weighted by Crippen LogP contribution is 2.29. The van der Waals surface area contributed by atoms with E-state index in [4.69, 9.17) is 4.74 Å². The van der Waals surface area contributed by atoms with Crippen LogP contribution in [0.4, 0.5) is 0 Å². The van der Waals surface area contributed by atoms with Crippen molar-refractivity contribution < 1.29 is 14.3 Å². The Morgan fingerprint density at radius 3 is 2.74 bits per heavy atom. The molecule has 5 nitrogen and oxygen atoms in total. The van der Waals surface area contributed by atoms with Gasteiger partial charge in [-0.15, -0.1) is 0 Å². The molecular weight excluding hydrogens is 408 g/mol. The maximum Gasteiger partial charge on any atom is 0.363 e. The molecule has 0 unspecified atom stereocenters. The van der Waals surface area contributed by atoms with Gasteiger partial charge in [-0.25, -0.2) is 9.79 Å². The summed E-state index contributed by atoms with van der Waals surface area (Å²) in [5, 5.41) is 0.847. The molecule has 0 spiro atoms. The highest BCUT2D eigenvalue weighted by Gasteiger charge is 2.25. The highest BCUT2D eigenvalue weighted by molar-refractivity contribution is 9.10. The summed E-state index contributed by atoms with van der Waals surface area (Å²) in [5.74, 6) is -0.321. The van der Waals surface area contributed by atoms with Crippen molar-refractivity contribution in [1.29, 1.82) is 0 Å². The minimum atomic E-state index is -0.507. The van der Waals surface area contributed by atoms with Gasteiger partial charge in [0.05, 0.1) is 5.52 Å². The molecule has 3 aromatic rings. The molecule has 0 fully saturated rings. The van der Waals surface area contributed by atoms with E-state index in [0.717, 1.165) is 32.1 Å². The standard InChI is InChI=1S/C21H15BrN2O3/c1-12-5-3-4-6-16(12)20-23-18(21(26)27-20)9-14-11-24(13(2)25)19-8-7-15(22)10-17(14)19/h3-11H,1-2H3. The molecule has 0 atom stereocenters. The van der Waals surface area contributed by atoms with Gasteiger partial charge in [-0.1, -0.05) is 34.1 Å². The number of hydrogen-bond donors (Lipinski definition) is 0. The lowest BCUT2D eigenvalue weighted by molar-refractivity contribution is -0.129. The Balaban J connectivity index is 1.84. The van der Waals surface area contributed by atoms with E-state index in [-0.39, 0.29) is 11.6 Å². The average molecular weight is 423 g/mol. The van der Waals surface area contributed by atoms with Gasteiger partial charge in [0.25, 0.3) is 0 Å². The minimum Gasteiger partial charge on any atom is -0.402 e. The smallest absolute Gasteiger partial charge is 0.363 e. The van der Waals surface area contributed by atoms with Crippen molar-refractivity contribution in [3.8, 4) is 0 Å². The number of halogens is 1. The van der Waals surface area contributed by atoms with E-state index in [1.165, 1.54) is 6.92 Å². The van der Waals surface area contributed by atoms with Crippen LogP contribution in [0.15, 0.2) is 63.8 Å². The number of cyclic esters (lactones) is 1. The van der Waals surface area contributed by atoms with Crippen molar-refractivity contribution in [1.82, 2.24) is 4.57 Å². The van der Waals surface area contributed by atoms with E-state index in [0.29, 0.717) is 5.90 Å². The second-order valence-electron chi connectivity index (χ2n) is 6.29. The summed E-state index contributed by atoms with van der Waals surface area (Å²) in [6, 6.07) is 13.2. The van der Waals surface area contributed by atoms with Gasteiger partial charge in [-0.3, -0.25) is 9.36 Å². The van der Waals surface area contributed by atoms with Gasteiger partial charge in [0.1, 0.15) is 0 Å². The molecule has 0 aliphatic carbocycles. The number of aryl methyl sites for hydroxylation is 1. The Kier molecular flexibility index (Phi) is 4.28. The molecule has 0 saturated heterocycles. The highest BCUT2D eigenvalue weighted by atomic mass is 79.9. The Bertz CT molecular complexity index is 1170. The van der Waals surface area contributed by atoms with Gasteiger partial charge in [0, 0.05) is 34.1 Å². The topological polar surface area (TPSA) is 60.7 Å². The fraction of sp³-hybridized carbons (Fsp3) is 0.0952. The summed E-state index contributed by atoms with van der Waals surface area (Å²) in [6.07, 6.45) is 3.36. The van der Waals surface area contributed by atoms with Crippen molar-refractivity contribution in [3.63, 3.8) is 0 Å². The van der Waals surface area contributed by atoms with E-state index in [2.05, 4.69) is 20.9 Å². The lowest BCUT2D eigenvalue weighted by Gasteiger charge is -2.02. The first-order valence-electron chi connectivity index (χ1n) is 8.34. The largest absolute Gasteiger partial charge is 0.402 e. The summed E-state index contributed by atoms with van der Waals surface area (Å²) in [6.45, 7) is 3.43. The van der Waals surface area contributed by atoms with Crippen molar-refractivity contribution in [2.75, 3.05) is 0 Å². The van der Waals surface area contributed by atoms with Gasteiger partial charge in [0.2, 0.25) is 11.8 Å². The molecule has 2 aromatic carbocycles. The van der Waals surface area contributed by atoms with E-state index in [9.17, 15) is 9.59 Å². The molecule has 0 amide bonds. The quantitative estimate of drug-likeness (QED) is 0.443. The first-order chi connectivity index (χ1) is 12.9. The summed E-state index contributed by atoms with van der Waals surface area (Å²) in [7, 11) is 0. The number of rotatable bonds is 2. The molecule has 0 radical (unpaired) electrons. The maximum atomic E-state index is 12.3. The lowest BCUT2D eigenvalue weighted by Crippen LogP contribution is -2.06. The molecule has 6 heteroatoms. The van der Waals surface area contributed by atoms with Crippen molar-refractivity contribution in [2.24, 2.45) is 4.99 Å². The van der Waals surface area contributed by atoms with Crippen LogP contribution in [0.2, 0.25) is 0 Å². The zero-order chi connectivity index (χ0) is 19.1.